The highest BCUT2D eigenvalue weighted by Crippen LogP contribution is 2.42. The smallest absolute Gasteiger partial charge is 0.287 e. The Bertz CT molecular complexity index is 668. The van der Waals surface area contributed by atoms with E-state index in [-0.39, 0.29) is 29.9 Å². The van der Waals surface area contributed by atoms with Crippen LogP contribution >= 0.6 is 35.7 Å². The van der Waals surface area contributed by atoms with Crippen LogP contribution in [0.1, 0.15) is 61.6 Å². The van der Waals surface area contributed by atoms with E-state index in [1.165, 1.54) is 37.9 Å². The molecule has 2 aliphatic rings. The van der Waals surface area contributed by atoms with Crippen molar-refractivity contribution in [2.24, 2.45) is 4.99 Å². The van der Waals surface area contributed by atoms with Gasteiger partial charge >= 0.3 is 0 Å². The van der Waals surface area contributed by atoms with Gasteiger partial charge in [-0.3, -0.25) is 9.79 Å². The van der Waals surface area contributed by atoms with Gasteiger partial charge in [0.05, 0.1) is 6.26 Å². The molecule has 164 valence electrons. The standard InChI is InChI=1S/C21H34N4O2S.HI/c1-3-22-20(25-13-15-28-21(16-25)9-5-4-6-10-21)24-12-7-11-23-19(26)18-17(2)8-14-27-18;/h8,14H,3-7,9-13,15-16H2,1-2H3,(H,22,24)(H,23,26);1H. The predicted molar refractivity (Wildman–Crippen MR) is 132 cm³/mol. The van der Waals surface area contributed by atoms with Gasteiger partial charge in [0.2, 0.25) is 0 Å². The van der Waals surface area contributed by atoms with E-state index in [2.05, 4.69) is 34.2 Å². The summed E-state index contributed by atoms with van der Waals surface area (Å²) in [5, 5.41) is 6.39. The number of carbonyl (C=O) groups excluding carboxylic acids is 1. The molecule has 1 aliphatic carbocycles. The number of nitrogens with zero attached hydrogens (tertiary/aromatic N) is 2. The highest BCUT2D eigenvalue weighted by atomic mass is 127. The van der Waals surface area contributed by atoms with Crippen molar-refractivity contribution in [3.8, 4) is 0 Å². The van der Waals surface area contributed by atoms with Crippen LogP contribution in [0.2, 0.25) is 0 Å². The molecule has 1 amide bonds. The fraction of sp³-hybridized carbons (Fsp3) is 0.714. The lowest BCUT2D eigenvalue weighted by Crippen LogP contribution is -2.53. The third-order valence-electron chi connectivity index (χ3n) is 5.60. The Kier molecular flexibility index (Phi) is 10.1. The molecule has 0 aromatic carbocycles. The summed E-state index contributed by atoms with van der Waals surface area (Å²) in [6.07, 6.45) is 9.16. The van der Waals surface area contributed by atoms with E-state index in [1.54, 1.807) is 12.3 Å². The van der Waals surface area contributed by atoms with Crippen molar-refractivity contribution >= 4 is 47.6 Å². The first-order valence-corrected chi connectivity index (χ1v) is 11.6. The zero-order chi connectivity index (χ0) is 19.8. The van der Waals surface area contributed by atoms with Gasteiger partial charge < -0.3 is 20.0 Å². The molecular weight excluding hydrogens is 499 g/mol. The second kappa shape index (κ2) is 12.1. The van der Waals surface area contributed by atoms with Crippen LogP contribution < -0.4 is 10.6 Å². The molecule has 0 unspecified atom stereocenters. The maximum Gasteiger partial charge on any atom is 0.287 e. The van der Waals surface area contributed by atoms with E-state index in [0.29, 0.717) is 23.6 Å². The Morgan fingerprint density at radius 1 is 1.31 bits per heavy atom. The van der Waals surface area contributed by atoms with Crippen molar-refractivity contribution in [2.75, 3.05) is 38.5 Å². The van der Waals surface area contributed by atoms with Crippen LogP contribution in [0.15, 0.2) is 21.7 Å². The minimum atomic E-state index is -0.148. The van der Waals surface area contributed by atoms with Gasteiger partial charge in [-0.2, -0.15) is 11.8 Å². The van der Waals surface area contributed by atoms with Crippen molar-refractivity contribution in [2.45, 2.75) is 57.1 Å². The molecule has 1 aromatic rings. The number of hydrogen-bond acceptors (Lipinski definition) is 4. The Balaban J connectivity index is 0.00000300. The maximum atomic E-state index is 12.1. The van der Waals surface area contributed by atoms with E-state index in [9.17, 15) is 4.79 Å². The number of furan rings is 1. The highest BCUT2D eigenvalue weighted by molar-refractivity contribution is 14.0. The zero-order valence-electron chi connectivity index (χ0n) is 17.7. The quantitative estimate of drug-likeness (QED) is 0.250. The highest BCUT2D eigenvalue weighted by Gasteiger charge is 2.38. The number of carbonyl (C=O) groups is 1. The summed E-state index contributed by atoms with van der Waals surface area (Å²) in [7, 11) is 0. The van der Waals surface area contributed by atoms with E-state index in [1.807, 2.05) is 6.92 Å². The van der Waals surface area contributed by atoms with E-state index in [4.69, 9.17) is 9.41 Å². The van der Waals surface area contributed by atoms with Gasteiger partial charge in [-0.1, -0.05) is 19.3 Å². The summed E-state index contributed by atoms with van der Waals surface area (Å²) in [6, 6.07) is 1.80. The summed E-state index contributed by atoms with van der Waals surface area (Å²) in [4.78, 5) is 19.4. The maximum absolute atomic E-state index is 12.1. The van der Waals surface area contributed by atoms with Crippen LogP contribution in [0.4, 0.5) is 0 Å². The van der Waals surface area contributed by atoms with Crippen molar-refractivity contribution in [1.82, 2.24) is 15.5 Å². The summed E-state index contributed by atoms with van der Waals surface area (Å²) in [5.74, 6) is 2.47. The summed E-state index contributed by atoms with van der Waals surface area (Å²) < 4.78 is 5.66. The van der Waals surface area contributed by atoms with Gasteiger partial charge in [0, 0.05) is 48.8 Å². The minimum Gasteiger partial charge on any atom is -0.459 e. The molecule has 2 fully saturated rings. The van der Waals surface area contributed by atoms with Crippen LogP contribution in [0, 0.1) is 6.92 Å². The third kappa shape index (κ3) is 6.80. The predicted octanol–water partition coefficient (Wildman–Crippen LogP) is 4.04. The molecule has 1 aromatic heterocycles. The number of halogens is 1. The lowest BCUT2D eigenvalue weighted by Gasteiger charge is -2.45. The third-order valence-corrected chi connectivity index (χ3v) is 7.13. The van der Waals surface area contributed by atoms with Gasteiger partial charge in [0.25, 0.3) is 5.91 Å². The van der Waals surface area contributed by atoms with Gasteiger partial charge in [-0.15, -0.1) is 24.0 Å². The number of guanidine groups is 1. The van der Waals surface area contributed by atoms with Crippen molar-refractivity contribution in [1.29, 1.82) is 0 Å². The fourth-order valence-electron chi connectivity index (χ4n) is 4.10. The largest absolute Gasteiger partial charge is 0.459 e. The molecule has 2 N–H and O–H groups in total. The lowest BCUT2D eigenvalue weighted by atomic mass is 9.87. The molecule has 0 bridgehead atoms. The average molecular weight is 535 g/mol. The summed E-state index contributed by atoms with van der Waals surface area (Å²) >= 11 is 2.18. The van der Waals surface area contributed by atoms with Gasteiger partial charge in [-0.25, -0.2) is 0 Å². The summed E-state index contributed by atoms with van der Waals surface area (Å²) in [5.41, 5.74) is 0.865. The van der Waals surface area contributed by atoms with Gasteiger partial charge in [-0.05, 0) is 39.2 Å². The molecule has 2 heterocycles. The monoisotopic (exact) mass is 534 g/mol. The lowest BCUT2D eigenvalue weighted by molar-refractivity contribution is 0.0925. The molecule has 3 rings (SSSR count). The Labute approximate surface area is 196 Å². The zero-order valence-corrected chi connectivity index (χ0v) is 20.8. The number of rotatable bonds is 6. The molecule has 8 heteroatoms. The number of aliphatic imine (C=N–C) groups is 1. The SMILES string of the molecule is CCNC(=NCCCNC(=O)c1occc1C)N1CCSC2(CCCCC2)C1.I. The first kappa shape index (κ1) is 24.4. The van der Waals surface area contributed by atoms with Crippen molar-refractivity contribution in [3.05, 3.63) is 23.7 Å². The molecule has 6 nitrogen and oxygen atoms in total. The normalized spacial score (nSPS) is 19.0. The molecule has 1 saturated heterocycles. The first-order chi connectivity index (χ1) is 13.6. The van der Waals surface area contributed by atoms with Crippen LogP contribution in [0.3, 0.4) is 0 Å². The Hall–Kier alpha value is -0.900. The van der Waals surface area contributed by atoms with Gasteiger partial charge in [0.1, 0.15) is 0 Å². The Morgan fingerprint density at radius 3 is 2.79 bits per heavy atom. The van der Waals surface area contributed by atoms with Crippen LogP contribution in [0.25, 0.3) is 0 Å². The number of aryl methyl sites for hydroxylation is 1. The minimum absolute atomic E-state index is 0. The molecule has 1 aliphatic heterocycles. The molecule has 29 heavy (non-hydrogen) atoms. The van der Waals surface area contributed by atoms with Gasteiger partial charge in [0.15, 0.2) is 11.7 Å². The van der Waals surface area contributed by atoms with Crippen LogP contribution in [0.5, 0.6) is 0 Å². The average Bonchev–Trinajstić information content (AvgIpc) is 3.13. The number of hydrogen-bond donors (Lipinski definition) is 2. The number of nitrogens with one attached hydrogen (secondary N) is 2. The molecular formula is C21H35IN4O2S. The van der Waals surface area contributed by atoms with Crippen LogP contribution in [-0.4, -0.2) is 60.0 Å². The van der Waals surface area contributed by atoms with Crippen LogP contribution in [-0.2, 0) is 0 Å². The van der Waals surface area contributed by atoms with E-state index >= 15 is 0 Å². The second-order valence-corrected chi connectivity index (χ2v) is 9.35. The topological polar surface area (TPSA) is 69.9 Å². The summed E-state index contributed by atoms with van der Waals surface area (Å²) in [6.45, 7) is 8.35. The first-order valence-electron chi connectivity index (χ1n) is 10.6. The van der Waals surface area contributed by atoms with E-state index in [0.717, 1.165) is 37.6 Å². The Morgan fingerprint density at radius 2 is 2.10 bits per heavy atom. The van der Waals surface area contributed by atoms with Crippen molar-refractivity contribution < 1.29 is 9.21 Å². The molecule has 0 radical (unpaired) electrons. The number of amides is 1. The second-order valence-electron chi connectivity index (χ2n) is 7.79. The fourth-order valence-corrected chi connectivity index (χ4v) is 5.67. The molecule has 0 atom stereocenters. The molecule has 1 spiro atoms. The van der Waals surface area contributed by atoms with E-state index < -0.39 is 0 Å². The molecule has 1 saturated carbocycles. The van der Waals surface area contributed by atoms with Crippen molar-refractivity contribution in [3.63, 3.8) is 0 Å². The number of thioether (sulfide) groups is 1.